The number of piperidine rings is 1. The van der Waals surface area contributed by atoms with Gasteiger partial charge in [0.2, 0.25) is 0 Å². The first-order valence-electron chi connectivity index (χ1n) is 7.78. The summed E-state index contributed by atoms with van der Waals surface area (Å²) >= 11 is 0. The molecule has 1 N–H and O–H groups in total. The first-order valence-corrected chi connectivity index (χ1v) is 7.78. The molecule has 1 aromatic rings. The second kappa shape index (κ2) is 7.09. The van der Waals surface area contributed by atoms with Crippen LogP contribution in [0.15, 0.2) is 24.3 Å². The van der Waals surface area contributed by atoms with Crippen LogP contribution in [0.4, 0.5) is 0 Å². The quantitative estimate of drug-likeness (QED) is 0.895. The zero-order valence-corrected chi connectivity index (χ0v) is 13.0. The molecular weight excluding hydrogens is 248 g/mol. The van der Waals surface area contributed by atoms with Gasteiger partial charge >= 0.3 is 0 Å². The Morgan fingerprint density at radius 3 is 2.30 bits per heavy atom. The summed E-state index contributed by atoms with van der Waals surface area (Å²) in [6, 6.07) is 8.23. The third kappa shape index (κ3) is 3.97. The monoisotopic (exact) mass is 276 g/mol. The van der Waals surface area contributed by atoms with E-state index in [9.17, 15) is 5.11 Å². The van der Waals surface area contributed by atoms with Crippen LogP contribution in [0.1, 0.15) is 37.8 Å². The highest BCUT2D eigenvalue weighted by molar-refractivity contribution is 5.28. The standard InChI is InChI=1S/C17H28N2O/c1-4-17(15-5-7-16(20)8-6-15)19-11-9-14(10-12-19)13-18(2)3/h5-8,14,17,20H,4,9-13H2,1-3H3. The minimum atomic E-state index is 0.355. The zero-order valence-electron chi connectivity index (χ0n) is 13.0. The fraction of sp³-hybridized carbons (Fsp3) is 0.647. The van der Waals surface area contributed by atoms with E-state index in [1.54, 1.807) is 12.1 Å². The second-order valence-electron chi connectivity index (χ2n) is 6.26. The van der Waals surface area contributed by atoms with Crippen molar-refractivity contribution >= 4 is 0 Å². The minimum absolute atomic E-state index is 0.355. The van der Waals surface area contributed by atoms with Gasteiger partial charge in [0.1, 0.15) is 5.75 Å². The van der Waals surface area contributed by atoms with Gasteiger partial charge in [-0.05, 0) is 70.1 Å². The van der Waals surface area contributed by atoms with Crippen LogP contribution in [0.5, 0.6) is 5.75 Å². The Morgan fingerprint density at radius 2 is 1.80 bits per heavy atom. The molecule has 0 spiro atoms. The first-order chi connectivity index (χ1) is 9.60. The third-order valence-corrected chi connectivity index (χ3v) is 4.38. The van der Waals surface area contributed by atoms with Crippen molar-refractivity contribution < 1.29 is 5.11 Å². The van der Waals surface area contributed by atoms with E-state index in [0.717, 1.165) is 12.3 Å². The lowest BCUT2D eigenvalue weighted by Crippen LogP contribution is -2.39. The Labute approximate surface area is 123 Å². The number of likely N-dealkylation sites (tertiary alicyclic amines) is 1. The van der Waals surface area contributed by atoms with Gasteiger partial charge in [-0.3, -0.25) is 4.90 Å². The highest BCUT2D eigenvalue weighted by atomic mass is 16.3. The van der Waals surface area contributed by atoms with Crippen molar-refractivity contribution in [2.75, 3.05) is 33.7 Å². The van der Waals surface area contributed by atoms with Crippen LogP contribution < -0.4 is 0 Å². The van der Waals surface area contributed by atoms with Crippen LogP contribution in [-0.2, 0) is 0 Å². The molecule has 1 saturated heterocycles. The summed E-state index contributed by atoms with van der Waals surface area (Å²) in [6.45, 7) is 5.85. The highest BCUT2D eigenvalue weighted by Gasteiger charge is 2.25. The smallest absolute Gasteiger partial charge is 0.115 e. The number of hydrogen-bond acceptors (Lipinski definition) is 3. The number of rotatable bonds is 5. The van der Waals surface area contributed by atoms with E-state index in [0.29, 0.717) is 11.8 Å². The fourth-order valence-corrected chi connectivity index (χ4v) is 3.36. The second-order valence-corrected chi connectivity index (χ2v) is 6.26. The lowest BCUT2D eigenvalue weighted by Gasteiger charge is -2.38. The molecule has 1 aliphatic rings. The molecule has 1 fully saturated rings. The number of phenols is 1. The molecule has 1 atom stereocenters. The van der Waals surface area contributed by atoms with Crippen molar-refractivity contribution in [3.8, 4) is 5.75 Å². The lowest BCUT2D eigenvalue weighted by molar-refractivity contribution is 0.117. The number of nitrogens with zero attached hydrogens (tertiary/aromatic N) is 2. The first kappa shape index (κ1) is 15.3. The Morgan fingerprint density at radius 1 is 1.20 bits per heavy atom. The van der Waals surface area contributed by atoms with Crippen molar-refractivity contribution in [2.45, 2.75) is 32.2 Å². The molecule has 0 saturated carbocycles. The Hall–Kier alpha value is -1.06. The summed E-state index contributed by atoms with van der Waals surface area (Å²) in [6.07, 6.45) is 3.72. The van der Waals surface area contributed by atoms with Gasteiger partial charge in [0.05, 0.1) is 0 Å². The summed E-state index contributed by atoms with van der Waals surface area (Å²) < 4.78 is 0. The molecule has 1 unspecified atom stereocenters. The highest BCUT2D eigenvalue weighted by Crippen LogP contribution is 2.30. The van der Waals surface area contributed by atoms with E-state index in [2.05, 4.69) is 43.0 Å². The van der Waals surface area contributed by atoms with Gasteiger partial charge in [0.15, 0.2) is 0 Å². The van der Waals surface area contributed by atoms with Crippen molar-refractivity contribution in [1.82, 2.24) is 9.80 Å². The van der Waals surface area contributed by atoms with E-state index >= 15 is 0 Å². The molecule has 3 nitrogen and oxygen atoms in total. The molecule has 2 rings (SSSR count). The van der Waals surface area contributed by atoms with Crippen LogP contribution >= 0.6 is 0 Å². The van der Waals surface area contributed by atoms with Crippen molar-refractivity contribution in [3.63, 3.8) is 0 Å². The maximum atomic E-state index is 9.42. The van der Waals surface area contributed by atoms with E-state index in [-0.39, 0.29) is 0 Å². The molecule has 1 aliphatic heterocycles. The third-order valence-electron chi connectivity index (χ3n) is 4.38. The van der Waals surface area contributed by atoms with Crippen molar-refractivity contribution in [2.24, 2.45) is 5.92 Å². The summed E-state index contributed by atoms with van der Waals surface area (Å²) in [7, 11) is 4.33. The predicted molar refractivity (Wildman–Crippen MR) is 84.0 cm³/mol. The maximum absolute atomic E-state index is 9.42. The number of benzene rings is 1. The topological polar surface area (TPSA) is 26.7 Å². The molecule has 1 heterocycles. The van der Waals surface area contributed by atoms with E-state index < -0.39 is 0 Å². The van der Waals surface area contributed by atoms with Crippen LogP contribution in [0, 0.1) is 5.92 Å². The molecular formula is C17H28N2O. The Bertz CT molecular complexity index is 394. The van der Waals surface area contributed by atoms with Gasteiger partial charge < -0.3 is 10.0 Å². The largest absolute Gasteiger partial charge is 0.508 e. The number of hydrogen-bond donors (Lipinski definition) is 1. The number of aromatic hydroxyl groups is 1. The number of phenolic OH excluding ortho intramolecular Hbond substituents is 1. The van der Waals surface area contributed by atoms with Crippen molar-refractivity contribution in [1.29, 1.82) is 0 Å². The van der Waals surface area contributed by atoms with E-state index in [1.165, 1.54) is 38.0 Å². The maximum Gasteiger partial charge on any atom is 0.115 e. The summed E-state index contributed by atoms with van der Waals surface area (Å²) in [4.78, 5) is 4.91. The zero-order chi connectivity index (χ0) is 14.5. The van der Waals surface area contributed by atoms with Gasteiger partial charge in [-0.15, -0.1) is 0 Å². The molecule has 0 bridgehead atoms. The van der Waals surface area contributed by atoms with Crippen LogP contribution in [0.2, 0.25) is 0 Å². The van der Waals surface area contributed by atoms with Gasteiger partial charge in [-0.2, -0.15) is 0 Å². The van der Waals surface area contributed by atoms with Gasteiger partial charge in [-0.25, -0.2) is 0 Å². The summed E-state index contributed by atoms with van der Waals surface area (Å²) in [5, 5.41) is 9.42. The Balaban J connectivity index is 1.95. The average Bonchev–Trinajstić information content (AvgIpc) is 2.43. The fourth-order valence-electron chi connectivity index (χ4n) is 3.36. The molecule has 112 valence electrons. The molecule has 0 amide bonds. The molecule has 3 heteroatoms. The summed E-state index contributed by atoms with van der Waals surface area (Å²) in [5.74, 6) is 1.20. The van der Waals surface area contributed by atoms with Crippen LogP contribution in [0.3, 0.4) is 0 Å². The lowest BCUT2D eigenvalue weighted by atomic mass is 9.93. The van der Waals surface area contributed by atoms with Gasteiger partial charge in [0.25, 0.3) is 0 Å². The molecule has 0 radical (unpaired) electrons. The van der Waals surface area contributed by atoms with Gasteiger partial charge in [-0.1, -0.05) is 19.1 Å². The predicted octanol–water partition coefficient (Wildman–Crippen LogP) is 3.12. The SMILES string of the molecule is CCC(c1ccc(O)cc1)N1CCC(CN(C)C)CC1. The molecule has 1 aromatic carbocycles. The van der Waals surface area contributed by atoms with Crippen LogP contribution in [0.25, 0.3) is 0 Å². The van der Waals surface area contributed by atoms with E-state index in [1.807, 2.05) is 0 Å². The normalized spacial score (nSPS) is 19.4. The average molecular weight is 276 g/mol. The van der Waals surface area contributed by atoms with Crippen molar-refractivity contribution in [3.05, 3.63) is 29.8 Å². The molecule has 0 aliphatic carbocycles. The Kier molecular flexibility index (Phi) is 5.44. The van der Waals surface area contributed by atoms with Gasteiger partial charge in [0, 0.05) is 12.6 Å². The molecule has 0 aromatic heterocycles. The molecule has 20 heavy (non-hydrogen) atoms. The van der Waals surface area contributed by atoms with E-state index in [4.69, 9.17) is 0 Å². The minimum Gasteiger partial charge on any atom is -0.508 e. The summed E-state index contributed by atoms with van der Waals surface area (Å²) in [5.41, 5.74) is 1.33. The van der Waals surface area contributed by atoms with Crippen LogP contribution in [-0.4, -0.2) is 48.6 Å².